The molecule has 0 aliphatic heterocycles. The molecule has 0 aliphatic carbocycles. The molecule has 0 saturated carbocycles. The molecular formula is C15H26N2O2. The molecule has 0 aromatic carbocycles. The van der Waals surface area contributed by atoms with Gasteiger partial charge in [0.25, 0.3) is 0 Å². The Morgan fingerprint density at radius 3 is 2.58 bits per heavy atom. The van der Waals surface area contributed by atoms with E-state index in [0.717, 1.165) is 12.1 Å². The molecule has 19 heavy (non-hydrogen) atoms. The Bertz CT molecular complexity index is 357. The van der Waals surface area contributed by atoms with E-state index in [1.165, 1.54) is 0 Å². The van der Waals surface area contributed by atoms with Crippen LogP contribution in [0.5, 0.6) is 5.88 Å². The zero-order chi connectivity index (χ0) is 14.3. The van der Waals surface area contributed by atoms with Crippen LogP contribution in [0.25, 0.3) is 0 Å². The third-order valence-corrected chi connectivity index (χ3v) is 2.50. The number of hydrogen-bond donors (Lipinski definition) is 1. The predicted octanol–water partition coefficient (Wildman–Crippen LogP) is 2.77. The largest absolute Gasteiger partial charge is 0.472 e. The topological polar surface area (TPSA) is 43.4 Å². The Labute approximate surface area is 116 Å². The van der Waals surface area contributed by atoms with E-state index in [4.69, 9.17) is 9.47 Å². The molecule has 0 spiro atoms. The zero-order valence-corrected chi connectivity index (χ0v) is 12.7. The van der Waals surface area contributed by atoms with Crippen LogP contribution in [-0.4, -0.2) is 29.8 Å². The fraction of sp³-hybridized carbons (Fsp3) is 0.667. The molecule has 1 atom stereocenters. The summed E-state index contributed by atoms with van der Waals surface area (Å²) in [6.45, 7) is 12.5. The first-order chi connectivity index (χ1) is 8.90. The maximum Gasteiger partial charge on any atom is 0.213 e. The van der Waals surface area contributed by atoms with Gasteiger partial charge in [-0.1, -0.05) is 6.07 Å². The molecule has 1 unspecified atom stereocenters. The molecule has 0 bridgehead atoms. The Hall–Kier alpha value is -1.13. The van der Waals surface area contributed by atoms with Gasteiger partial charge in [0.15, 0.2) is 0 Å². The summed E-state index contributed by atoms with van der Waals surface area (Å²) in [5.41, 5.74) is 1.26. The average Bonchev–Trinajstić information content (AvgIpc) is 2.34. The molecule has 1 aromatic heterocycles. The Kier molecular flexibility index (Phi) is 6.25. The Balaban J connectivity index is 2.43. The molecule has 1 N–H and O–H groups in total. The Morgan fingerprint density at radius 1 is 1.32 bits per heavy atom. The highest BCUT2D eigenvalue weighted by atomic mass is 16.5. The van der Waals surface area contributed by atoms with E-state index in [9.17, 15) is 0 Å². The van der Waals surface area contributed by atoms with Crippen molar-refractivity contribution in [2.45, 2.75) is 52.8 Å². The van der Waals surface area contributed by atoms with Gasteiger partial charge in [-0.05, 0) is 40.2 Å². The maximum absolute atomic E-state index is 5.66. The lowest BCUT2D eigenvalue weighted by atomic mass is 10.1. The molecule has 0 radical (unpaired) electrons. The molecule has 0 fully saturated rings. The lowest BCUT2D eigenvalue weighted by Gasteiger charge is -2.20. The van der Waals surface area contributed by atoms with Gasteiger partial charge in [0.1, 0.15) is 6.10 Å². The molecule has 0 amide bonds. The van der Waals surface area contributed by atoms with Gasteiger partial charge in [0.05, 0.1) is 6.61 Å². The molecule has 4 heteroatoms. The molecule has 0 saturated heterocycles. The minimum Gasteiger partial charge on any atom is -0.472 e. The number of ether oxygens (including phenoxy) is 2. The third-order valence-electron chi connectivity index (χ3n) is 2.50. The zero-order valence-electron chi connectivity index (χ0n) is 12.7. The second-order valence-corrected chi connectivity index (χ2v) is 5.70. The fourth-order valence-corrected chi connectivity index (χ4v) is 1.48. The van der Waals surface area contributed by atoms with Crippen LogP contribution in [0.2, 0.25) is 0 Å². The predicted molar refractivity (Wildman–Crippen MR) is 77.4 cm³/mol. The first kappa shape index (κ1) is 15.9. The molecule has 1 rings (SSSR count). The van der Waals surface area contributed by atoms with E-state index in [1.54, 1.807) is 0 Å². The van der Waals surface area contributed by atoms with Crippen molar-refractivity contribution >= 4 is 0 Å². The van der Waals surface area contributed by atoms with Crippen LogP contribution in [0.15, 0.2) is 18.3 Å². The smallest absolute Gasteiger partial charge is 0.213 e. The summed E-state index contributed by atoms with van der Waals surface area (Å²) in [5, 5.41) is 3.43. The first-order valence-electron chi connectivity index (χ1n) is 6.85. The standard InChI is InChI=1S/C15H26N2O2/c1-6-18-11-12(2)19-14-8-7-13(9-16-14)10-17-15(3,4)5/h7-9,12,17H,6,10-11H2,1-5H3. The molecule has 1 heterocycles. The van der Waals surface area contributed by atoms with E-state index in [0.29, 0.717) is 19.1 Å². The molecule has 0 aliphatic rings. The van der Waals surface area contributed by atoms with Crippen molar-refractivity contribution in [2.24, 2.45) is 0 Å². The lowest BCUT2D eigenvalue weighted by Crippen LogP contribution is -2.35. The van der Waals surface area contributed by atoms with E-state index in [-0.39, 0.29) is 11.6 Å². The fourth-order valence-electron chi connectivity index (χ4n) is 1.48. The monoisotopic (exact) mass is 266 g/mol. The highest BCUT2D eigenvalue weighted by Gasteiger charge is 2.09. The second-order valence-electron chi connectivity index (χ2n) is 5.70. The van der Waals surface area contributed by atoms with Crippen molar-refractivity contribution in [3.05, 3.63) is 23.9 Å². The minimum absolute atomic E-state index is 0.0194. The van der Waals surface area contributed by atoms with Crippen LogP contribution in [0, 0.1) is 0 Å². The lowest BCUT2D eigenvalue weighted by molar-refractivity contribution is 0.0633. The van der Waals surface area contributed by atoms with Gasteiger partial charge in [-0.3, -0.25) is 0 Å². The summed E-state index contributed by atoms with van der Waals surface area (Å²) in [6, 6.07) is 3.94. The number of rotatable bonds is 7. The molecule has 1 aromatic rings. The summed E-state index contributed by atoms with van der Waals surface area (Å²) >= 11 is 0. The molecular weight excluding hydrogens is 240 g/mol. The van der Waals surface area contributed by atoms with Gasteiger partial charge in [-0.25, -0.2) is 4.98 Å². The van der Waals surface area contributed by atoms with Crippen molar-refractivity contribution in [1.29, 1.82) is 0 Å². The normalized spacial score (nSPS) is 13.3. The summed E-state index contributed by atoms with van der Waals surface area (Å²) in [6.07, 6.45) is 1.87. The van der Waals surface area contributed by atoms with Crippen LogP contribution in [-0.2, 0) is 11.3 Å². The van der Waals surface area contributed by atoms with Gasteiger partial charge in [0, 0.05) is 31.0 Å². The van der Waals surface area contributed by atoms with Crippen molar-refractivity contribution in [3.63, 3.8) is 0 Å². The van der Waals surface area contributed by atoms with Crippen molar-refractivity contribution in [3.8, 4) is 5.88 Å². The number of nitrogens with zero attached hydrogens (tertiary/aromatic N) is 1. The number of hydrogen-bond acceptors (Lipinski definition) is 4. The highest BCUT2D eigenvalue weighted by Crippen LogP contribution is 2.11. The van der Waals surface area contributed by atoms with Gasteiger partial charge in [0.2, 0.25) is 5.88 Å². The highest BCUT2D eigenvalue weighted by molar-refractivity contribution is 5.18. The van der Waals surface area contributed by atoms with Crippen molar-refractivity contribution in [2.75, 3.05) is 13.2 Å². The van der Waals surface area contributed by atoms with Crippen LogP contribution < -0.4 is 10.1 Å². The maximum atomic E-state index is 5.66. The van der Waals surface area contributed by atoms with Crippen molar-refractivity contribution < 1.29 is 9.47 Å². The van der Waals surface area contributed by atoms with Crippen LogP contribution >= 0.6 is 0 Å². The van der Waals surface area contributed by atoms with E-state index in [1.807, 2.05) is 32.2 Å². The SMILES string of the molecule is CCOCC(C)Oc1ccc(CNC(C)(C)C)cn1. The first-order valence-corrected chi connectivity index (χ1v) is 6.85. The molecule has 4 nitrogen and oxygen atoms in total. The number of pyridine rings is 1. The third kappa shape index (κ3) is 7.13. The summed E-state index contributed by atoms with van der Waals surface area (Å²) < 4.78 is 11.0. The van der Waals surface area contributed by atoms with Crippen LogP contribution in [0.4, 0.5) is 0 Å². The van der Waals surface area contributed by atoms with Gasteiger partial charge in [-0.15, -0.1) is 0 Å². The van der Waals surface area contributed by atoms with Gasteiger partial charge >= 0.3 is 0 Å². The van der Waals surface area contributed by atoms with E-state index >= 15 is 0 Å². The summed E-state index contributed by atoms with van der Waals surface area (Å²) in [7, 11) is 0. The van der Waals surface area contributed by atoms with Crippen LogP contribution in [0.3, 0.4) is 0 Å². The Morgan fingerprint density at radius 2 is 2.05 bits per heavy atom. The average molecular weight is 266 g/mol. The van der Waals surface area contributed by atoms with Gasteiger partial charge < -0.3 is 14.8 Å². The van der Waals surface area contributed by atoms with Gasteiger partial charge in [-0.2, -0.15) is 0 Å². The quantitative estimate of drug-likeness (QED) is 0.824. The van der Waals surface area contributed by atoms with E-state index in [2.05, 4.69) is 31.1 Å². The second kappa shape index (κ2) is 7.46. The summed E-state index contributed by atoms with van der Waals surface area (Å²) in [5.74, 6) is 0.645. The number of nitrogens with one attached hydrogen (secondary N) is 1. The number of aromatic nitrogens is 1. The van der Waals surface area contributed by atoms with Crippen LogP contribution in [0.1, 0.15) is 40.2 Å². The minimum atomic E-state index is 0.0194. The van der Waals surface area contributed by atoms with E-state index < -0.39 is 0 Å². The summed E-state index contributed by atoms with van der Waals surface area (Å²) in [4.78, 5) is 4.31. The molecule has 108 valence electrons. The van der Waals surface area contributed by atoms with Crippen molar-refractivity contribution in [1.82, 2.24) is 10.3 Å².